The molecule has 0 aromatic carbocycles. The van der Waals surface area contributed by atoms with Gasteiger partial charge in [-0.3, -0.25) is 9.59 Å². The van der Waals surface area contributed by atoms with Crippen molar-refractivity contribution in [2.24, 2.45) is 5.92 Å². The first kappa shape index (κ1) is 18.3. The zero-order chi connectivity index (χ0) is 16.5. The number of hydrogen-bond acceptors (Lipinski definition) is 2. The van der Waals surface area contributed by atoms with Crippen LogP contribution in [0.2, 0.25) is 0 Å². The average molecular weight is 322 g/mol. The van der Waals surface area contributed by atoms with Gasteiger partial charge in [0.05, 0.1) is 0 Å². The van der Waals surface area contributed by atoms with Crippen molar-refractivity contribution in [3.05, 3.63) is 0 Å². The van der Waals surface area contributed by atoms with Crippen molar-refractivity contribution >= 4 is 11.8 Å². The molecule has 0 aromatic rings. The van der Waals surface area contributed by atoms with Crippen LogP contribution in [0.5, 0.6) is 0 Å². The van der Waals surface area contributed by atoms with E-state index in [0.29, 0.717) is 18.7 Å². The normalized spacial score (nSPS) is 20.4. The second kappa shape index (κ2) is 9.94. The van der Waals surface area contributed by atoms with Gasteiger partial charge in [-0.15, -0.1) is 0 Å². The third-order valence-corrected chi connectivity index (χ3v) is 5.44. The molecule has 1 saturated heterocycles. The number of carbonyl (C=O) groups is 2. The summed E-state index contributed by atoms with van der Waals surface area (Å²) in [6.07, 6.45) is 12.1. The van der Waals surface area contributed by atoms with Crippen molar-refractivity contribution in [1.29, 1.82) is 0 Å². The zero-order valence-corrected chi connectivity index (χ0v) is 14.9. The number of nitrogens with zero attached hydrogens (tertiary/aromatic N) is 2. The van der Waals surface area contributed by atoms with E-state index in [1.807, 2.05) is 9.80 Å². The molecule has 2 amide bonds. The van der Waals surface area contributed by atoms with Crippen molar-refractivity contribution in [2.45, 2.75) is 77.6 Å². The predicted molar refractivity (Wildman–Crippen MR) is 93.1 cm³/mol. The van der Waals surface area contributed by atoms with Gasteiger partial charge in [0.25, 0.3) is 0 Å². The van der Waals surface area contributed by atoms with Crippen molar-refractivity contribution in [2.75, 3.05) is 26.2 Å². The molecule has 1 saturated carbocycles. The minimum Gasteiger partial charge on any atom is -0.341 e. The highest BCUT2D eigenvalue weighted by Gasteiger charge is 2.22. The second-order valence-corrected chi connectivity index (χ2v) is 7.26. The van der Waals surface area contributed by atoms with Crippen LogP contribution >= 0.6 is 0 Å². The Bertz CT molecular complexity index is 378. The van der Waals surface area contributed by atoms with Crippen molar-refractivity contribution < 1.29 is 9.59 Å². The van der Waals surface area contributed by atoms with E-state index in [2.05, 4.69) is 6.92 Å². The molecular formula is C19H34N2O2. The smallest absolute Gasteiger partial charge is 0.222 e. The lowest BCUT2D eigenvalue weighted by atomic mass is 9.86. The maximum atomic E-state index is 12.5. The Morgan fingerprint density at radius 3 is 2.04 bits per heavy atom. The third-order valence-electron chi connectivity index (χ3n) is 5.44. The van der Waals surface area contributed by atoms with E-state index in [0.717, 1.165) is 57.8 Å². The molecule has 132 valence electrons. The van der Waals surface area contributed by atoms with Gasteiger partial charge in [0, 0.05) is 39.0 Å². The molecule has 2 fully saturated rings. The van der Waals surface area contributed by atoms with E-state index < -0.39 is 0 Å². The van der Waals surface area contributed by atoms with Crippen LogP contribution in [-0.2, 0) is 9.59 Å². The molecule has 0 aromatic heterocycles. The van der Waals surface area contributed by atoms with E-state index in [9.17, 15) is 9.59 Å². The maximum Gasteiger partial charge on any atom is 0.222 e. The molecule has 1 heterocycles. The Morgan fingerprint density at radius 2 is 1.43 bits per heavy atom. The van der Waals surface area contributed by atoms with E-state index >= 15 is 0 Å². The molecule has 0 unspecified atom stereocenters. The van der Waals surface area contributed by atoms with E-state index in [1.165, 1.54) is 32.1 Å². The fourth-order valence-corrected chi connectivity index (χ4v) is 3.86. The summed E-state index contributed by atoms with van der Waals surface area (Å²) in [5.41, 5.74) is 0. The minimum absolute atomic E-state index is 0.267. The molecule has 0 spiro atoms. The first-order valence-electron chi connectivity index (χ1n) is 9.76. The van der Waals surface area contributed by atoms with E-state index in [-0.39, 0.29) is 5.91 Å². The monoisotopic (exact) mass is 322 g/mol. The number of carbonyl (C=O) groups excluding carboxylic acids is 2. The van der Waals surface area contributed by atoms with E-state index in [4.69, 9.17) is 0 Å². The molecular weight excluding hydrogens is 288 g/mol. The molecule has 1 aliphatic heterocycles. The van der Waals surface area contributed by atoms with Crippen LogP contribution in [0.1, 0.15) is 77.6 Å². The Kier molecular flexibility index (Phi) is 7.90. The molecule has 0 bridgehead atoms. The predicted octanol–water partition coefficient (Wildman–Crippen LogP) is 3.60. The van der Waals surface area contributed by atoms with Gasteiger partial charge in [0.2, 0.25) is 11.8 Å². The lowest BCUT2D eigenvalue weighted by molar-refractivity contribution is -0.133. The largest absolute Gasteiger partial charge is 0.341 e. The zero-order valence-electron chi connectivity index (χ0n) is 14.9. The number of rotatable bonds is 6. The van der Waals surface area contributed by atoms with Crippen LogP contribution in [0.4, 0.5) is 0 Å². The lowest BCUT2D eigenvalue weighted by Crippen LogP contribution is -2.37. The molecule has 0 atom stereocenters. The SMILES string of the molecule is CCCCC(=O)N1CCCN(C(=O)CCC2CCCCC2)CC1. The van der Waals surface area contributed by atoms with Crippen molar-refractivity contribution in [3.8, 4) is 0 Å². The summed E-state index contributed by atoms with van der Waals surface area (Å²) >= 11 is 0. The summed E-state index contributed by atoms with van der Waals surface area (Å²) in [6, 6.07) is 0. The van der Waals surface area contributed by atoms with Crippen LogP contribution in [-0.4, -0.2) is 47.8 Å². The molecule has 0 N–H and O–H groups in total. The molecule has 4 nitrogen and oxygen atoms in total. The van der Waals surface area contributed by atoms with Gasteiger partial charge in [-0.2, -0.15) is 0 Å². The summed E-state index contributed by atoms with van der Waals surface area (Å²) in [5.74, 6) is 1.34. The van der Waals surface area contributed by atoms with Crippen LogP contribution in [0.25, 0.3) is 0 Å². The highest BCUT2D eigenvalue weighted by molar-refractivity contribution is 5.77. The Morgan fingerprint density at radius 1 is 0.826 bits per heavy atom. The number of unbranched alkanes of at least 4 members (excludes halogenated alkanes) is 1. The van der Waals surface area contributed by atoms with Gasteiger partial charge in [-0.25, -0.2) is 0 Å². The molecule has 0 radical (unpaired) electrons. The summed E-state index contributed by atoms with van der Waals surface area (Å²) in [7, 11) is 0. The minimum atomic E-state index is 0.267. The van der Waals surface area contributed by atoms with Gasteiger partial charge >= 0.3 is 0 Å². The highest BCUT2D eigenvalue weighted by Crippen LogP contribution is 2.27. The van der Waals surface area contributed by atoms with Crippen LogP contribution in [0.3, 0.4) is 0 Å². The van der Waals surface area contributed by atoms with Crippen LogP contribution in [0.15, 0.2) is 0 Å². The quantitative estimate of drug-likeness (QED) is 0.749. The number of hydrogen-bond donors (Lipinski definition) is 0. The molecule has 23 heavy (non-hydrogen) atoms. The summed E-state index contributed by atoms with van der Waals surface area (Å²) in [5, 5.41) is 0. The van der Waals surface area contributed by atoms with Gasteiger partial charge in [-0.1, -0.05) is 45.4 Å². The van der Waals surface area contributed by atoms with Gasteiger partial charge in [-0.05, 0) is 25.2 Å². The lowest BCUT2D eigenvalue weighted by Gasteiger charge is -2.24. The number of amides is 2. The molecule has 4 heteroatoms. The summed E-state index contributed by atoms with van der Waals surface area (Å²) < 4.78 is 0. The Hall–Kier alpha value is -1.06. The molecule has 2 aliphatic rings. The standard InChI is InChI=1S/C19H34N2O2/c1-2-3-10-18(22)20-13-7-14-21(16-15-20)19(23)12-11-17-8-5-4-6-9-17/h17H,2-16H2,1H3. The Balaban J connectivity index is 1.71. The maximum absolute atomic E-state index is 12.5. The topological polar surface area (TPSA) is 40.6 Å². The summed E-state index contributed by atoms with van der Waals surface area (Å²) in [4.78, 5) is 28.6. The fraction of sp³-hybridized carbons (Fsp3) is 0.895. The first-order chi connectivity index (χ1) is 11.2. The third kappa shape index (κ3) is 6.15. The van der Waals surface area contributed by atoms with Crippen LogP contribution in [0, 0.1) is 5.92 Å². The second-order valence-electron chi connectivity index (χ2n) is 7.26. The fourth-order valence-electron chi connectivity index (χ4n) is 3.86. The van der Waals surface area contributed by atoms with Crippen molar-refractivity contribution in [3.63, 3.8) is 0 Å². The molecule has 2 rings (SSSR count). The molecule has 1 aliphatic carbocycles. The van der Waals surface area contributed by atoms with Gasteiger partial charge < -0.3 is 9.80 Å². The van der Waals surface area contributed by atoms with Crippen LogP contribution < -0.4 is 0 Å². The van der Waals surface area contributed by atoms with Gasteiger partial charge in [0.1, 0.15) is 0 Å². The first-order valence-corrected chi connectivity index (χ1v) is 9.76. The van der Waals surface area contributed by atoms with Crippen molar-refractivity contribution in [1.82, 2.24) is 9.80 Å². The average Bonchev–Trinajstić information content (AvgIpc) is 2.84. The Labute approximate surface area is 141 Å². The van der Waals surface area contributed by atoms with Gasteiger partial charge in [0.15, 0.2) is 0 Å². The highest BCUT2D eigenvalue weighted by atomic mass is 16.2. The summed E-state index contributed by atoms with van der Waals surface area (Å²) in [6.45, 7) is 5.19. The van der Waals surface area contributed by atoms with E-state index in [1.54, 1.807) is 0 Å².